The minimum Gasteiger partial charge on any atom is -0.461 e. The molecule has 36 heavy (non-hydrogen) atoms. The van der Waals surface area contributed by atoms with Crippen LogP contribution >= 0.6 is 0 Å². The molecule has 6 rings (SSSR count). The van der Waals surface area contributed by atoms with Gasteiger partial charge in [-0.3, -0.25) is 4.98 Å². The van der Waals surface area contributed by atoms with Gasteiger partial charge in [-0.05, 0) is 42.3 Å². The number of ether oxygens (including phenoxy) is 2. The number of benzene rings is 1. The van der Waals surface area contributed by atoms with Crippen molar-refractivity contribution in [2.45, 2.75) is 19.6 Å². The Labute approximate surface area is 205 Å². The Kier molecular flexibility index (Phi) is 5.76. The van der Waals surface area contributed by atoms with Gasteiger partial charge in [0.2, 0.25) is 11.8 Å². The Morgan fingerprint density at radius 1 is 1.03 bits per heavy atom. The lowest BCUT2D eigenvalue weighted by Crippen LogP contribution is -2.07. The van der Waals surface area contributed by atoms with Crippen molar-refractivity contribution in [3.8, 4) is 11.6 Å². The molecule has 5 heterocycles. The van der Waals surface area contributed by atoms with Crippen molar-refractivity contribution in [3.63, 3.8) is 0 Å². The van der Waals surface area contributed by atoms with Crippen molar-refractivity contribution in [2.75, 3.05) is 26.1 Å². The average molecular weight is 485 g/mol. The number of anilines is 1. The van der Waals surface area contributed by atoms with Gasteiger partial charge < -0.3 is 19.6 Å². The standard InChI is InChI=1S/C25H24N8O3/c1-34-11-12-35-15-18-6-5-17-13-16(4-7-20(17)28-18)8-9-32-23-19(14-27-32)24-29-22(21-3-2-10-36-21)31-33(24)25(26)30-23/h2-7,10,13-14H,8-9,11-12,15H2,1H3,(H2,26,30). The van der Waals surface area contributed by atoms with Crippen LogP contribution in [-0.2, 0) is 29.0 Å². The summed E-state index contributed by atoms with van der Waals surface area (Å²) in [4.78, 5) is 13.8. The first-order valence-corrected chi connectivity index (χ1v) is 11.6. The summed E-state index contributed by atoms with van der Waals surface area (Å²) in [5, 5.41) is 10.8. The van der Waals surface area contributed by atoms with Crippen molar-refractivity contribution < 1.29 is 13.9 Å². The molecule has 5 aromatic heterocycles. The molecule has 0 fully saturated rings. The first-order chi connectivity index (χ1) is 17.7. The van der Waals surface area contributed by atoms with E-state index in [1.165, 1.54) is 10.1 Å². The van der Waals surface area contributed by atoms with E-state index in [2.05, 4.69) is 38.4 Å². The van der Waals surface area contributed by atoms with Gasteiger partial charge >= 0.3 is 0 Å². The number of methoxy groups -OCH3 is 1. The number of nitrogen functional groups attached to an aromatic ring is 1. The second-order valence-electron chi connectivity index (χ2n) is 8.35. The molecule has 0 atom stereocenters. The molecule has 182 valence electrons. The fourth-order valence-electron chi connectivity index (χ4n) is 4.14. The fourth-order valence-corrected chi connectivity index (χ4v) is 4.14. The second kappa shape index (κ2) is 9.36. The molecular formula is C25H24N8O3. The van der Waals surface area contributed by atoms with Gasteiger partial charge in [-0.25, -0.2) is 9.67 Å². The number of furan rings is 1. The highest BCUT2D eigenvalue weighted by Gasteiger charge is 2.17. The topological polar surface area (TPSA) is 131 Å². The number of nitrogens with zero attached hydrogens (tertiary/aromatic N) is 7. The minimum absolute atomic E-state index is 0.239. The zero-order valence-corrected chi connectivity index (χ0v) is 19.7. The summed E-state index contributed by atoms with van der Waals surface area (Å²) < 4.78 is 19.4. The summed E-state index contributed by atoms with van der Waals surface area (Å²) in [7, 11) is 1.66. The van der Waals surface area contributed by atoms with Gasteiger partial charge in [0.1, 0.15) is 0 Å². The van der Waals surface area contributed by atoms with Gasteiger partial charge in [-0.15, -0.1) is 5.10 Å². The number of aryl methyl sites for hydroxylation is 2. The van der Waals surface area contributed by atoms with Crippen LogP contribution in [0.2, 0.25) is 0 Å². The molecule has 0 saturated carbocycles. The van der Waals surface area contributed by atoms with Crippen LogP contribution in [0.5, 0.6) is 0 Å². The van der Waals surface area contributed by atoms with Crippen molar-refractivity contribution in [1.29, 1.82) is 0 Å². The van der Waals surface area contributed by atoms with E-state index in [0.717, 1.165) is 28.4 Å². The van der Waals surface area contributed by atoms with E-state index in [-0.39, 0.29) is 5.95 Å². The number of hydrogen-bond acceptors (Lipinski definition) is 9. The molecule has 0 aliphatic carbocycles. The molecule has 6 aromatic rings. The van der Waals surface area contributed by atoms with Crippen LogP contribution in [-0.4, -0.2) is 54.7 Å². The lowest BCUT2D eigenvalue weighted by molar-refractivity contribution is 0.0603. The van der Waals surface area contributed by atoms with E-state index in [4.69, 9.17) is 24.6 Å². The van der Waals surface area contributed by atoms with Gasteiger partial charge in [0, 0.05) is 19.0 Å². The van der Waals surface area contributed by atoms with E-state index < -0.39 is 0 Å². The van der Waals surface area contributed by atoms with Crippen LogP contribution in [0.3, 0.4) is 0 Å². The first-order valence-electron chi connectivity index (χ1n) is 11.6. The molecule has 0 bridgehead atoms. The van der Waals surface area contributed by atoms with Crippen LogP contribution < -0.4 is 5.73 Å². The summed E-state index contributed by atoms with van der Waals surface area (Å²) in [6.45, 7) is 2.22. The Morgan fingerprint density at radius 3 is 2.83 bits per heavy atom. The lowest BCUT2D eigenvalue weighted by Gasteiger charge is -2.07. The molecule has 0 amide bonds. The molecule has 0 spiro atoms. The van der Waals surface area contributed by atoms with Crippen LogP contribution in [0.4, 0.5) is 5.95 Å². The Hall–Kier alpha value is -4.35. The van der Waals surface area contributed by atoms with Crippen molar-refractivity contribution in [2.24, 2.45) is 0 Å². The Morgan fingerprint density at radius 2 is 1.97 bits per heavy atom. The third-order valence-corrected chi connectivity index (χ3v) is 5.94. The maximum atomic E-state index is 6.20. The molecule has 1 aromatic carbocycles. The van der Waals surface area contributed by atoms with Crippen LogP contribution in [0.1, 0.15) is 11.3 Å². The Bertz CT molecular complexity index is 1660. The first kappa shape index (κ1) is 22.1. The molecule has 0 unspecified atom stereocenters. The van der Waals surface area contributed by atoms with Gasteiger partial charge in [-0.1, -0.05) is 12.1 Å². The number of hydrogen-bond donors (Lipinski definition) is 1. The molecule has 0 saturated heterocycles. The van der Waals surface area contributed by atoms with Gasteiger partial charge in [0.15, 0.2) is 17.1 Å². The zero-order chi connectivity index (χ0) is 24.5. The summed E-state index contributed by atoms with van der Waals surface area (Å²) >= 11 is 0. The summed E-state index contributed by atoms with van der Waals surface area (Å²) in [5.74, 6) is 1.25. The van der Waals surface area contributed by atoms with Crippen LogP contribution in [0, 0.1) is 0 Å². The largest absolute Gasteiger partial charge is 0.461 e. The quantitative estimate of drug-likeness (QED) is 0.307. The number of aromatic nitrogens is 7. The fraction of sp³-hybridized carbons (Fsp3) is 0.240. The zero-order valence-electron chi connectivity index (χ0n) is 19.7. The highest BCUT2D eigenvalue weighted by atomic mass is 16.5. The van der Waals surface area contributed by atoms with Gasteiger partial charge in [-0.2, -0.15) is 14.6 Å². The third-order valence-electron chi connectivity index (χ3n) is 5.94. The second-order valence-corrected chi connectivity index (χ2v) is 8.35. The number of rotatable bonds is 9. The van der Waals surface area contributed by atoms with Crippen molar-refractivity contribution >= 4 is 33.5 Å². The summed E-state index contributed by atoms with van der Waals surface area (Å²) in [5.41, 5.74) is 10.5. The van der Waals surface area contributed by atoms with Crippen LogP contribution in [0.25, 0.3) is 39.2 Å². The van der Waals surface area contributed by atoms with E-state index in [1.54, 1.807) is 31.7 Å². The third kappa shape index (κ3) is 4.14. The molecule has 0 radical (unpaired) electrons. The highest BCUT2D eigenvalue weighted by Crippen LogP contribution is 2.24. The predicted molar refractivity (Wildman–Crippen MR) is 133 cm³/mol. The molecule has 2 N–H and O–H groups in total. The number of nitrogens with two attached hydrogens (primary N) is 1. The van der Waals surface area contributed by atoms with Crippen LogP contribution in [0.15, 0.2) is 59.3 Å². The van der Waals surface area contributed by atoms with E-state index in [1.807, 2.05) is 16.8 Å². The SMILES string of the molecule is COCCOCc1ccc2cc(CCn3ncc4c3nc(N)n3nc(-c5ccco5)nc43)ccc2n1. The molecule has 0 aliphatic heterocycles. The molecule has 11 nitrogen and oxygen atoms in total. The van der Waals surface area contributed by atoms with E-state index >= 15 is 0 Å². The monoisotopic (exact) mass is 484 g/mol. The van der Waals surface area contributed by atoms with Gasteiger partial charge in [0.25, 0.3) is 0 Å². The van der Waals surface area contributed by atoms with Gasteiger partial charge in [0.05, 0.1) is 48.9 Å². The molecule has 0 aliphatic rings. The number of pyridine rings is 1. The highest BCUT2D eigenvalue weighted by molar-refractivity contribution is 5.90. The Balaban J connectivity index is 1.21. The van der Waals surface area contributed by atoms with E-state index in [0.29, 0.717) is 49.2 Å². The average Bonchev–Trinajstić information content (AvgIpc) is 3.65. The molecular weight excluding hydrogens is 460 g/mol. The maximum Gasteiger partial charge on any atom is 0.225 e. The molecule has 11 heteroatoms. The smallest absolute Gasteiger partial charge is 0.225 e. The van der Waals surface area contributed by atoms with Crippen molar-refractivity contribution in [3.05, 3.63) is 66.2 Å². The predicted octanol–water partition coefficient (Wildman–Crippen LogP) is 3.27. The van der Waals surface area contributed by atoms with Crippen molar-refractivity contribution in [1.82, 2.24) is 34.3 Å². The lowest BCUT2D eigenvalue weighted by atomic mass is 10.1. The maximum absolute atomic E-state index is 6.20. The number of fused-ring (bicyclic) bond motifs is 4. The minimum atomic E-state index is 0.239. The van der Waals surface area contributed by atoms with E-state index in [9.17, 15) is 0 Å². The normalized spacial score (nSPS) is 11.8. The summed E-state index contributed by atoms with van der Waals surface area (Å²) in [6.07, 6.45) is 4.10. The summed E-state index contributed by atoms with van der Waals surface area (Å²) in [6, 6.07) is 13.9.